The molecule has 245 valence electrons. The molecule has 0 bridgehead atoms. The van der Waals surface area contributed by atoms with Gasteiger partial charge in [0.1, 0.15) is 0 Å². The molecule has 0 aliphatic heterocycles. The van der Waals surface area contributed by atoms with Gasteiger partial charge in [0, 0.05) is 57.3 Å². The number of hydrogen-bond donors (Lipinski definition) is 0. The quantitative estimate of drug-likeness (QED) is 0.131. The van der Waals surface area contributed by atoms with Crippen LogP contribution in [0.4, 0.5) is 0 Å². The van der Waals surface area contributed by atoms with Crippen molar-refractivity contribution in [2.24, 2.45) is 5.41 Å². The van der Waals surface area contributed by atoms with E-state index in [1.807, 2.05) is 24.3 Å². The van der Waals surface area contributed by atoms with Gasteiger partial charge in [0.15, 0.2) is 0 Å². The predicted molar refractivity (Wildman–Crippen MR) is 194 cm³/mol. The molecule has 1 aliphatic carbocycles. The molecule has 1 fully saturated rings. The molecule has 0 amide bonds. The fourth-order valence-electron chi connectivity index (χ4n) is 5.77. The van der Waals surface area contributed by atoms with Crippen LogP contribution in [0.5, 0.6) is 0 Å². The monoisotopic (exact) mass is 826 g/mol. The SMILES string of the molecule is [2H]C([2H])([2H])c1c[c-]c(-c2ccccn2)cc1.[2H]C([2H])([2H])c1ccc2c(n1)oc1c(-c3cc(C4([2H])CCC(C)(C)CC4)c(C([2H])([2H])[2H])cn3)[c-]c([Si](C)(C)C)cc12.[Ir]. The first-order valence-corrected chi connectivity index (χ1v) is 19.1. The molecule has 0 spiro atoms. The van der Waals surface area contributed by atoms with Crippen molar-refractivity contribution >= 4 is 35.3 Å². The molecule has 0 atom stereocenters. The van der Waals surface area contributed by atoms with Crippen LogP contribution in [0.25, 0.3) is 44.6 Å². The van der Waals surface area contributed by atoms with E-state index in [4.69, 9.17) is 16.8 Å². The maximum atomic E-state index is 9.42. The molecular weight excluding hydrogens is 771 g/mol. The third-order valence-corrected chi connectivity index (χ3v) is 10.6. The molecule has 4 aromatic heterocycles. The van der Waals surface area contributed by atoms with Gasteiger partial charge in [-0.25, -0.2) is 4.98 Å². The zero-order chi connectivity index (χ0) is 41.1. The number of aromatic nitrogens is 3. The van der Waals surface area contributed by atoms with Gasteiger partial charge in [-0.3, -0.25) is 0 Å². The van der Waals surface area contributed by atoms with E-state index in [1.54, 1.807) is 30.5 Å². The maximum Gasteiger partial charge on any atom is 0.216 e. The number of hydrogen-bond acceptors (Lipinski definition) is 4. The number of rotatable bonds is 4. The zero-order valence-corrected chi connectivity index (χ0v) is 30.7. The van der Waals surface area contributed by atoms with Crippen molar-refractivity contribution in [3.63, 3.8) is 0 Å². The van der Waals surface area contributed by atoms with Crippen LogP contribution in [0.1, 0.15) is 81.5 Å². The zero-order valence-electron chi connectivity index (χ0n) is 37.3. The number of fused-ring (bicyclic) bond motifs is 3. The number of furan rings is 1. The van der Waals surface area contributed by atoms with Crippen LogP contribution in [0, 0.1) is 38.1 Å². The standard InChI is InChI=1S/C29H35N2OSi.C12H10N.Ir/c1-18-17-30-26(16-23(18)20-10-12-29(3,4)13-11-20)25-15-21(33(5,6)7)14-24-22-9-8-19(2)31-28(22)32-27(24)25;1-10-5-7-11(8-6-10)12-4-2-3-9-13-12;/h8-9,14,16-17,20H,10-13H2,1-7H3;2-7,9H,1H3;/q2*-1;/i1D3,2D3,20D;1D3;. The molecule has 6 heteroatoms. The minimum Gasteiger partial charge on any atom is -0.486 e. The minimum atomic E-state index is -2.41. The summed E-state index contributed by atoms with van der Waals surface area (Å²) in [5, 5.41) is 2.51. The van der Waals surface area contributed by atoms with Crippen molar-refractivity contribution in [2.45, 2.75) is 85.6 Å². The summed E-state index contributed by atoms with van der Waals surface area (Å²) in [5.74, 6) is -1.05. The van der Waals surface area contributed by atoms with E-state index >= 15 is 0 Å². The molecule has 4 nitrogen and oxygen atoms in total. The van der Waals surface area contributed by atoms with Gasteiger partial charge in [-0.2, -0.15) is 0 Å². The Hall–Kier alpha value is -3.44. The van der Waals surface area contributed by atoms with Crippen molar-refractivity contribution in [2.75, 3.05) is 0 Å². The average Bonchev–Trinajstić information content (AvgIpc) is 3.50. The summed E-state index contributed by atoms with van der Waals surface area (Å²) in [6, 6.07) is 23.9. The van der Waals surface area contributed by atoms with Gasteiger partial charge in [-0.05, 0) is 91.4 Å². The summed E-state index contributed by atoms with van der Waals surface area (Å²) in [6.07, 6.45) is 5.87. The molecule has 6 aromatic rings. The van der Waals surface area contributed by atoms with E-state index in [0.29, 0.717) is 46.2 Å². The Morgan fingerprint density at radius 1 is 0.936 bits per heavy atom. The van der Waals surface area contributed by atoms with Gasteiger partial charge in [-0.15, -0.1) is 52.7 Å². The van der Waals surface area contributed by atoms with E-state index in [0.717, 1.165) is 34.7 Å². The summed E-state index contributed by atoms with van der Waals surface area (Å²) < 4.78 is 85.3. The molecule has 2 aromatic carbocycles. The number of aryl methyl sites for hydroxylation is 3. The Bertz CT molecular complexity index is 2360. The van der Waals surface area contributed by atoms with Crippen molar-refractivity contribution < 1.29 is 38.2 Å². The summed E-state index contributed by atoms with van der Waals surface area (Å²) in [6.45, 7) is 4.16. The van der Waals surface area contributed by atoms with Crippen LogP contribution in [-0.4, -0.2) is 23.0 Å². The first kappa shape index (κ1) is 23.8. The molecule has 1 radical (unpaired) electrons. The fraction of sp³-hybridized carbons (Fsp3) is 0.341. The Labute approximate surface area is 308 Å². The Morgan fingerprint density at radius 2 is 1.77 bits per heavy atom. The van der Waals surface area contributed by atoms with Gasteiger partial charge >= 0.3 is 0 Å². The Kier molecular flexibility index (Phi) is 7.07. The van der Waals surface area contributed by atoms with E-state index in [1.165, 1.54) is 18.3 Å². The molecule has 1 saturated carbocycles. The van der Waals surface area contributed by atoms with Gasteiger partial charge in [0.05, 0.1) is 13.7 Å². The third kappa shape index (κ3) is 7.83. The van der Waals surface area contributed by atoms with E-state index in [9.17, 15) is 1.37 Å². The fourth-order valence-corrected chi connectivity index (χ4v) is 6.85. The minimum absolute atomic E-state index is 0. The Morgan fingerprint density at radius 3 is 2.43 bits per heavy atom. The number of nitrogens with zero attached hydrogens (tertiary/aromatic N) is 3. The number of benzene rings is 2. The average molecular weight is 826 g/mol. The first-order valence-electron chi connectivity index (χ1n) is 20.6. The summed E-state index contributed by atoms with van der Waals surface area (Å²) in [7, 11) is -1.90. The van der Waals surface area contributed by atoms with Crippen molar-refractivity contribution in [1.82, 2.24) is 15.0 Å². The maximum absolute atomic E-state index is 9.42. The van der Waals surface area contributed by atoms with Crippen LogP contribution in [-0.2, 0) is 20.1 Å². The van der Waals surface area contributed by atoms with E-state index in [-0.39, 0.29) is 42.5 Å². The van der Waals surface area contributed by atoms with Crippen LogP contribution < -0.4 is 5.19 Å². The summed E-state index contributed by atoms with van der Waals surface area (Å²) in [5.41, 5.74) is 4.29. The molecule has 0 N–H and O–H groups in total. The van der Waals surface area contributed by atoms with Crippen LogP contribution in [0.15, 0.2) is 77.5 Å². The smallest absolute Gasteiger partial charge is 0.216 e. The molecule has 7 rings (SSSR count). The second kappa shape index (κ2) is 14.0. The van der Waals surface area contributed by atoms with Crippen molar-refractivity contribution in [1.29, 1.82) is 0 Å². The van der Waals surface area contributed by atoms with E-state index < -0.39 is 34.5 Å². The van der Waals surface area contributed by atoms with Crippen LogP contribution in [0.2, 0.25) is 19.6 Å². The van der Waals surface area contributed by atoms with Gasteiger partial charge in [-0.1, -0.05) is 69.5 Å². The van der Waals surface area contributed by atoms with Crippen LogP contribution >= 0.6 is 0 Å². The van der Waals surface area contributed by atoms with Crippen molar-refractivity contribution in [3.8, 4) is 22.5 Å². The first-order chi connectivity index (χ1) is 25.9. The molecule has 1 aliphatic rings. The Balaban J connectivity index is 0.000000305. The normalized spacial score (nSPS) is 19.4. The topological polar surface area (TPSA) is 51.8 Å². The van der Waals surface area contributed by atoms with Crippen LogP contribution in [0.3, 0.4) is 0 Å². The van der Waals surface area contributed by atoms with Gasteiger partial charge < -0.3 is 14.4 Å². The summed E-state index contributed by atoms with van der Waals surface area (Å²) in [4.78, 5) is 13.1. The van der Waals surface area contributed by atoms with E-state index in [2.05, 4.69) is 60.6 Å². The molecule has 47 heavy (non-hydrogen) atoms. The third-order valence-electron chi connectivity index (χ3n) is 8.68. The molecule has 4 heterocycles. The van der Waals surface area contributed by atoms with Gasteiger partial charge in [0.2, 0.25) is 5.71 Å². The second-order valence-electron chi connectivity index (χ2n) is 13.8. The molecule has 0 unspecified atom stereocenters. The van der Waals surface area contributed by atoms with Crippen molar-refractivity contribution in [3.05, 3.63) is 108 Å². The number of pyridine rings is 3. The second-order valence-corrected chi connectivity index (χ2v) is 18.8. The molecular formula is C41H45IrN3OSi-2. The predicted octanol–water partition coefficient (Wildman–Crippen LogP) is 10.5. The molecule has 0 saturated heterocycles. The summed E-state index contributed by atoms with van der Waals surface area (Å²) >= 11 is 0. The largest absolute Gasteiger partial charge is 0.486 e. The van der Waals surface area contributed by atoms with Gasteiger partial charge in [0.25, 0.3) is 0 Å².